The molecule has 0 radical (unpaired) electrons. The molecule has 1 N–H and O–H groups in total. The highest BCUT2D eigenvalue weighted by Crippen LogP contribution is 2.19. The van der Waals surface area contributed by atoms with E-state index in [1.807, 2.05) is 6.07 Å². The minimum atomic E-state index is 0.353. The van der Waals surface area contributed by atoms with E-state index in [2.05, 4.69) is 78.4 Å². The van der Waals surface area contributed by atoms with Crippen LogP contribution in [0.3, 0.4) is 0 Å². The van der Waals surface area contributed by atoms with Crippen molar-refractivity contribution in [2.75, 3.05) is 0 Å². The lowest BCUT2D eigenvalue weighted by Gasteiger charge is -2.16. The largest absolute Gasteiger partial charge is 0.306 e. The summed E-state index contributed by atoms with van der Waals surface area (Å²) in [7, 11) is 0. The molecule has 2 rings (SSSR count). The van der Waals surface area contributed by atoms with Crippen molar-refractivity contribution in [1.29, 1.82) is 0 Å². The Morgan fingerprint density at radius 1 is 1.05 bits per heavy atom. The van der Waals surface area contributed by atoms with Gasteiger partial charge in [-0.05, 0) is 38.0 Å². The van der Waals surface area contributed by atoms with Crippen molar-refractivity contribution in [3.05, 3.63) is 69.2 Å². The van der Waals surface area contributed by atoms with Crippen LogP contribution in [0, 0.1) is 13.8 Å². The first-order valence-electron chi connectivity index (χ1n) is 6.61. The molecule has 0 saturated heterocycles. The number of halogens is 1. The van der Waals surface area contributed by atoms with Gasteiger partial charge < -0.3 is 5.32 Å². The predicted octanol–water partition coefficient (Wildman–Crippen LogP) is 4.92. The number of hydrogen-bond donors (Lipinski definition) is 1. The summed E-state index contributed by atoms with van der Waals surface area (Å²) < 4.78 is 1.16. The van der Waals surface area contributed by atoms with Gasteiger partial charge in [0.1, 0.15) is 0 Å². The van der Waals surface area contributed by atoms with E-state index in [-0.39, 0.29) is 0 Å². The van der Waals surface area contributed by atoms with E-state index in [0.29, 0.717) is 6.04 Å². The Balaban J connectivity index is 2.05. The zero-order chi connectivity index (χ0) is 13.8. The second kappa shape index (κ2) is 6.36. The first-order chi connectivity index (χ1) is 9.06. The highest BCUT2D eigenvalue weighted by atomic mass is 79.9. The molecule has 0 fully saturated rings. The molecule has 0 bridgehead atoms. The van der Waals surface area contributed by atoms with Gasteiger partial charge in [-0.15, -0.1) is 0 Å². The average molecular weight is 318 g/mol. The third-order valence-electron chi connectivity index (χ3n) is 3.30. The van der Waals surface area contributed by atoms with E-state index in [1.165, 1.54) is 22.3 Å². The summed E-state index contributed by atoms with van der Waals surface area (Å²) in [6, 6.07) is 15.4. The zero-order valence-electron chi connectivity index (χ0n) is 11.7. The minimum absolute atomic E-state index is 0.353. The quantitative estimate of drug-likeness (QED) is 0.844. The van der Waals surface area contributed by atoms with Crippen LogP contribution >= 0.6 is 15.9 Å². The van der Waals surface area contributed by atoms with Crippen molar-refractivity contribution in [1.82, 2.24) is 5.32 Å². The number of hydrogen-bond acceptors (Lipinski definition) is 1. The van der Waals surface area contributed by atoms with Gasteiger partial charge in [0.2, 0.25) is 0 Å². The smallest absolute Gasteiger partial charge is 0.0295 e. The maximum absolute atomic E-state index is 3.59. The lowest BCUT2D eigenvalue weighted by atomic mass is 10.0. The van der Waals surface area contributed by atoms with E-state index in [9.17, 15) is 0 Å². The van der Waals surface area contributed by atoms with E-state index >= 15 is 0 Å². The first-order valence-corrected chi connectivity index (χ1v) is 7.40. The summed E-state index contributed by atoms with van der Waals surface area (Å²) >= 11 is 3.59. The molecule has 1 unspecified atom stereocenters. The predicted molar refractivity (Wildman–Crippen MR) is 85.3 cm³/mol. The molecule has 100 valence electrons. The second-order valence-corrected chi connectivity index (χ2v) is 5.97. The van der Waals surface area contributed by atoms with Crippen LogP contribution in [0.15, 0.2) is 46.9 Å². The summed E-state index contributed by atoms with van der Waals surface area (Å²) in [5, 5.41) is 3.58. The van der Waals surface area contributed by atoms with Gasteiger partial charge in [0.15, 0.2) is 0 Å². The van der Waals surface area contributed by atoms with Gasteiger partial charge >= 0.3 is 0 Å². The molecule has 0 saturated carbocycles. The fourth-order valence-corrected chi connectivity index (χ4v) is 2.71. The standard InChI is InChI=1S/C17H20BrN/c1-12-8-13(2)10-16(9-12)14(3)19-11-15-6-4-5-7-17(15)18/h4-10,14,19H,11H2,1-3H3. The van der Waals surface area contributed by atoms with Crippen molar-refractivity contribution in [2.24, 2.45) is 0 Å². The number of nitrogens with one attached hydrogen (secondary N) is 1. The Labute approximate surface area is 124 Å². The molecule has 0 heterocycles. The molecule has 0 aromatic heterocycles. The summed E-state index contributed by atoms with van der Waals surface area (Å²) in [5.74, 6) is 0. The first kappa shape index (κ1) is 14.3. The van der Waals surface area contributed by atoms with Crippen molar-refractivity contribution >= 4 is 15.9 Å². The molecule has 1 atom stereocenters. The molecule has 0 spiro atoms. The fraction of sp³-hybridized carbons (Fsp3) is 0.294. The molecule has 19 heavy (non-hydrogen) atoms. The summed E-state index contributed by atoms with van der Waals surface area (Å²) in [6.07, 6.45) is 0. The number of aryl methyl sites for hydroxylation is 2. The third kappa shape index (κ3) is 3.92. The topological polar surface area (TPSA) is 12.0 Å². The molecule has 0 aliphatic carbocycles. The van der Waals surface area contributed by atoms with Crippen molar-refractivity contribution in [2.45, 2.75) is 33.4 Å². The van der Waals surface area contributed by atoms with Gasteiger partial charge in [0.05, 0.1) is 0 Å². The highest BCUT2D eigenvalue weighted by molar-refractivity contribution is 9.10. The second-order valence-electron chi connectivity index (χ2n) is 5.12. The summed E-state index contributed by atoms with van der Waals surface area (Å²) in [5.41, 5.74) is 5.29. The van der Waals surface area contributed by atoms with Gasteiger partial charge in [-0.25, -0.2) is 0 Å². The molecular weight excluding hydrogens is 298 g/mol. The van der Waals surface area contributed by atoms with Crippen LogP contribution in [-0.4, -0.2) is 0 Å². The van der Waals surface area contributed by atoms with Crippen LogP contribution in [0.5, 0.6) is 0 Å². The third-order valence-corrected chi connectivity index (χ3v) is 4.07. The van der Waals surface area contributed by atoms with Crippen LogP contribution < -0.4 is 5.32 Å². The van der Waals surface area contributed by atoms with E-state index in [4.69, 9.17) is 0 Å². The molecule has 2 aromatic carbocycles. The molecule has 0 aliphatic heterocycles. The summed E-state index contributed by atoms with van der Waals surface area (Å²) in [4.78, 5) is 0. The Bertz CT molecular complexity index is 543. The van der Waals surface area contributed by atoms with Crippen LogP contribution in [0.2, 0.25) is 0 Å². The van der Waals surface area contributed by atoms with Gasteiger partial charge in [-0.1, -0.05) is 63.5 Å². The van der Waals surface area contributed by atoms with Crippen molar-refractivity contribution in [3.8, 4) is 0 Å². The summed E-state index contributed by atoms with van der Waals surface area (Å²) in [6.45, 7) is 7.38. The van der Waals surface area contributed by atoms with Gasteiger partial charge in [0, 0.05) is 17.1 Å². The van der Waals surface area contributed by atoms with Crippen LogP contribution in [0.4, 0.5) is 0 Å². The molecule has 2 heteroatoms. The Morgan fingerprint density at radius 3 is 2.32 bits per heavy atom. The molecule has 0 amide bonds. The SMILES string of the molecule is Cc1cc(C)cc(C(C)NCc2ccccc2Br)c1. The maximum Gasteiger partial charge on any atom is 0.0295 e. The lowest BCUT2D eigenvalue weighted by Crippen LogP contribution is -2.18. The molecule has 1 nitrogen and oxygen atoms in total. The molecule has 2 aromatic rings. The van der Waals surface area contributed by atoms with Crippen LogP contribution in [0.1, 0.15) is 35.2 Å². The van der Waals surface area contributed by atoms with Crippen LogP contribution in [0.25, 0.3) is 0 Å². The molecule has 0 aliphatic rings. The van der Waals surface area contributed by atoms with Crippen molar-refractivity contribution in [3.63, 3.8) is 0 Å². The lowest BCUT2D eigenvalue weighted by molar-refractivity contribution is 0.573. The van der Waals surface area contributed by atoms with E-state index < -0.39 is 0 Å². The number of rotatable bonds is 4. The Morgan fingerprint density at radius 2 is 1.68 bits per heavy atom. The average Bonchev–Trinajstić information content (AvgIpc) is 2.36. The van der Waals surface area contributed by atoms with Crippen LogP contribution in [-0.2, 0) is 6.54 Å². The van der Waals surface area contributed by atoms with Gasteiger partial charge in [0.25, 0.3) is 0 Å². The molecular formula is C17H20BrN. The minimum Gasteiger partial charge on any atom is -0.306 e. The fourth-order valence-electron chi connectivity index (χ4n) is 2.28. The normalized spacial score (nSPS) is 12.4. The van der Waals surface area contributed by atoms with Gasteiger partial charge in [-0.3, -0.25) is 0 Å². The van der Waals surface area contributed by atoms with Crippen molar-refractivity contribution < 1.29 is 0 Å². The van der Waals surface area contributed by atoms with Gasteiger partial charge in [-0.2, -0.15) is 0 Å². The maximum atomic E-state index is 3.59. The van der Waals surface area contributed by atoms with E-state index in [1.54, 1.807) is 0 Å². The number of benzene rings is 2. The highest BCUT2D eigenvalue weighted by Gasteiger charge is 2.07. The Kier molecular flexibility index (Phi) is 4.78. The monoisotopic (exact) mass is 317 g/mol. The Hall–Kier alpha value is -1.12. The van der Waals surface area contributed by atoms with E-state index in [0.717, 1.165) is 11.0 Å². The zero-order valence-corrected chi connectivity index (χ0v) is 13.3.